The maximum absolute atomic E-state index is 12.8. The van der Waals surface area contributed by atoms with E-state index in [4.69, 9.17) is 0 Å². The number of carbonyl (C=O) groups excluding carboxylic acids is 2. The Balaban J connectivity index is 1.89. The highest BCUT2D eigenvalue weighted by Crippen LogP contribution is 2.24. The van der Waals surface area contributed by atoms with Gasteiger partial charge in [-0.3, -0.25) is 19.5 Å². The van der Waals surface area contributed by atoms with Crippen LogP contribution in [0.15, 0.2) is 46.3 Å². The number of urea groups is 1. The minimum atomic E-state index is -0.603. The van der Waals surface area contributed by atoms with Gasteiger partial charge in [-0.15, -0.1) is 0 Å². The molecule has 0 unspecified atom stereocenters. The van der Waals surface area contributed by atoms with Gasteiger partial charge in [-0.05, 0) is 43.7 Å². The van der Waals surface area contributed by atoms with E-state index in [1.54, 1.807) is 27.8 Å². The molecule has 7 nitrogen and oxygen atoms in total. The Labute approximate surface area is 166 Å². The minimum absolute atomic E-state index is 0.0754. The van der Waals surface area contributed by atoms with Crippen LogP contribution in [-0.4, -0.2) is 32.8 Å². The van der Waals surface area contributed by atoms with Gasteiger partial charge in [0.05, 0.1) is 16.2 Å². The molecule has 0 aliphatic carbocycles. The molecular weight excluding hydrogens is 376 g/mol. The first kappa shape index (κ1) is 19.9. The first-order valence-electron chi connectivity index (χ1n) is 8.94. The van der Waals surface area contributed by atoms with Crippen molar-refractivity contribution >= 4 is 45.4 Å². The first-order chi connectivity index (χ1) is 13.3. The van der Waals surface area contributed by atoms with Gasteiger partial charge < -0.3 is 5.32 Å². The molecule has 3 rings (SSSR count). The van der Waals surface area contributed by atoms with E-state index >= 15 is 0 Å². The molecule has 0 aliphatic heterocycles. The fourth-order valence-electron chi connectivity index (χ4n) is 2.77. The van der Waals surface area contributed by atoms with E-state index in [1.807, 2.05) is 36.4 Å². The number of amides is 3. The molecule has 3 aromatic rings. The minimum Gasteiger partial charge on any atom is -0.336 e. The third-order valence-corrected chi connectivity index (χ3v) is 5.35. The molecule has 146 valence electrons. The number of nitrogens with one attached hydrogen (secondary N) is 2. The number of nitrogens with zero attached hydrogens (tertiary/aromatic N) is 2. The smallest absolute Gasteiger partial charge is 0.321 e. The van der Waals surface area contributed by atoms with Gasteiger partial charge in [0.25, 0.3) is 5.56 Å². The van der Waals surface area contributed by atoms with E-state index in [2.05, 4.69) is 15.6 Å². The quantitative estimate of drug-likeness (QED) is 0.400. The predicted molar refractivity (Wildman–Crippen MR) is 112 cm³/mol. The Bertz CT molecular complexity index is 1120. The maximum atomic E-state index is 12.8. The summed E-state index contributed by atoms with van der Waals surface area (Å²) in [6, 6.07) is 10.9. The fourth-order valence-corrected chi connectivity index (χ4v) is 3.64. The summed E-state index contributed by atoms with van der Waals surface area (Å²) < 4.78 is 1.43. The van der Waals surface area contributed by atoms with E-state index in [0.717, 1.165) is 22.5 Å². The molecule has 2 aromatic carbocycles. The standard InChI is InChI=1S/C20H22N4O3S/c1-11(2)21-19(27)23-17(25)12(3)28-20-22-16-10-14-8-6-5-7-13(14)9-15(16)18(26)24(20)4/h5-12H,1-4H3,(H2,21,23,25,27)/t12-/m0/s1. The number of benzene rings is 2. The zero-order chi connectivity index (χ0) is 20.4. The SMILES string of the molecule is CC(C)NC(=O)NC(=O)[C@H](C)Sc1nc2cc3ccccc3cc2c(=O)n1C. The van der Waals surface area contributed by atoms with Crippen molar-refractivity contribution in [2.75, 3.05) is 0 Å². The number of hydrogen-bond donors (Lipinski definition) is 2. The van der Waals surface area contributed by atoms with Crippen molar-refractivity contribution in [1.29, 1.82) is 0 Å². The summed E-state index contributed by atoms with van der Waals surface area (Å²) in [5, 5.41) is 7.20. The number of thioether (sulfide) groups is 1. The normalized spacial score (nSPS) is 12.3. The Morgan fingerprint density at radius 1 is 1.11 bits per heavy atom. The van der Waals surface area contributed by atoms with Gasteiger partial charge in [-0.25, -0.2) is 9.78 Å². The molecule has 2 N–H and O–H groups in total. The van der Waals surface area contributed by atoms with Crippen LogP contribution < -0.4 is 16.2 Å². The highest BCUT2D eigenvalue weighted by Gasteiger charge is 2.20. The van der Waals surface area contributed by atoms with Crippen molar-refractivity contribution in [3.8, 4) is 0 Å². The average Bonchev–Trinajstić information content (AvgIpc) is 2.63. The van der Waals surface area contributed by atoms with E-state index in [-0.39, 0.29) is 11.6 Å². The monoisotopic (exact) mass is 398 g/mol. The zero-order valence-electron chi connectivity index (χ0n) is 16.1. The summed E-state index contributed by atoms with van der Waals surface area (Å²) in [6.07, 6.45) is 0. The number of imide groups is 1. The molecule has 3 amide bonds. The summed E-state index contributed by atoms with van der Waals surface area (Å²) in [5.74, 6) is -0.448. The van der Waals surface area contributed by atoms with Gasteiger partial charge in [0, 0.05) is 13.1 Å². The summed E-state index contributed by atoms with van der Waals surface area (Å²) in [4.78, 5) is 41.4. The first-order valence-corrected chi connectivity index (χ1v) is 9.81. The van der Waals surface area contributed by atoms with Crippen molar-refractivity contribution < 1.29 is 9.59 Å². The van der Waals surface area contributed by atoms with Gasteiger partial charge in [0.15, 0.2) is 5.16 Å². The second-order valence-corrected chi connectivity index (χ2v) is 8.16. The van der Waals surface area contributed by atoms with Crippen LogP contribution in [0.5, 0.6) is 0 Å². The topological polar surface area (TPSA) is 93.1 Å². The van der Waals surface area contributed by atoms with Gasteiger partial charge in [0.1, 0.15) is 0 Å². The third-order valence-electron chi connectivity index (χ3n) is 4.21. The summed E-state index contributed by atoms with van der Waals surface area (Å²) in [7, 11) is 1.63. The lowest BCUT2D eigenvalue weighted by atomic mass is 10.1. The fraction of sp³-hybridized carbons (Fsp3) is 0.300. The highest BCUT2D eigenvalue weighted by molar-refractivity contribution is 8.00. The van der Waals surface area contributed by atoms with Crippen LogP contribution in [0.4, 0.5) is 4.79 Å². The summed E-state index contributed by atoms with van der Waals surface area (Å²) in [6.45, 7) is 5.28. The number of hydrogen-bond acceptors (Lipinski definition) is 5. The molecule has 1 aromatic heterocycles. The van der Waals surface area contributed by atoms with Gasteiger partial charge >= 0.3 is 6.03 Å². The molecule has 1 heterocycles. The number of aromatic nitrogens is 2. The number of fused-ring (bicyclic) bond motifs is 2. The van der Waals surface area contributed by atoms with Crippen LogP contribution in [0, 0.1) is 0 Å². The molecule has 0 spiro atoms. The largest absolute Gasteiger partial charge is 0.336 e. The Hall–Kier alpha value is -2.87. The second-order valence-electron chi connectivity index (χ2n) is 6.85. The van der Waals surface area contributed by atoms with Crippen molar-refractivity contribution in [3.05, 3.63) is 46.8 Å². The predicted octanol–water partition coefficient (Wildman–Crippen LogP) is 2.80. The van der Waals surface area contributed by atoms with Crippen molar-refractivity contribution in [2.45, 2.75) is 37.2 Å². The van der Waals surface area contributed by atoms with Gasteiger partial charge in [0.2, 0.25) is 5.91 Å². The molecule has 0 fully saturated rings. The molecule has 8 heteroatoms. The Morgan fingerprint density at radius 3 is 2.39 bits per heavy atom. The molecular formula is C20H22N4O3S. The van der Waals surface area contributed by atoms with Crippen LogP contribution in [0.3, 0.4) is 0 Å². The van der Waals surface area contributed by atoms with Crippen molar-refractivity contribution in [3.63, 3.8) is 0 Å². The molecule has 1 atom stereocenters. The second kappa shape index (κ2) is 8.02. The van der Waals surface area contributed by atoms with Gasteiger partial charge in [-0.2, -0.15) is 0 Å². The van der Waals surface area contributed by atoms with Crippen LogP contribution in [0.1, 0.15) is 20.8 Å². The molecule has 28 heavy (non-hydrogen) atoms. The molecule has 0 aliphatic rings. The van der Waals surface area contributed by atoms with Crippen molar-refractivity contribution in [2.24, 2.45) is 7.05 Å². The average molecular weight is 398 g/mol. The van der Waals surface area contributed by atoms with E-state index in [1.165, 1.54) is 4.57 Å². The number of rotatable bonds is 4. The van der Waals surface area contributed by atoms with Gasteiger partial charge in [-0.1, -0.05) is 36.0 Å². The van der Waals surface area contributed by atoms with E-state index in [9.17, 15) is 14.4 Å². The Morgan fingerprint density at radius 2 is 1.75 bits per heavy atom. The van der Waals surface area contributed by atoms with E-state index in [0.29, 0.717) is 16.1 Å². The molecule has 0 saturated heterocycles. The lowest BCUT2D eigenvalue weighted by molar-refractivity contribution is -0.119. The van der Waals surface area contributed by atoms with Crippen LogP contribution >= 0.6 is 11.8 Å². The summed E-state index contributed by atoms with van der Waals surface area (Å²) in [5.41, 5.74) is 0.401. The molecule has 0 saturated carbocycles. The lowest BCUT2D eigenvalue weighted by Crippen LogP contribution is -2.45. The maximum Gasteiger partial charge on any atom is 0.321 e. The molecule has 0 radical (unpaired) electrons. The Kier molecular flexibility index (Phi) is 5.69. The van der Waals surface area contributed by atoms with E-state index < -0.39 is 17.2 Å². The van der Waals surface area contributed by atoms with Crippen LogP contribution in [-0.2, 0) is 11.8 Å². The van der Waals surface area contributed by atoms with Crippen LogP contribution in [0.25, 0.3) is 21.7 Å². The number of carbonyl (C=O) groups is 2. The zero-order valence-corrected chi connectivity index (χ0v) is 17.0. The van der Waals surface area contributed by atoms with Crippen molar-refractivity contribution in [1.82, 2.24) is 20.2 Å². The molecule has 0 bridgehead atoms. The third kappa shape index (κ3) is 4.17. The van der Waals surface area contributed by atoms with Crippen LogP contribution in [0.2, 0.25) is 0 Å². The highest BCUT2D eigenvalue weighted by atomic mass is 32.2. The summed E-state index contributed by atoms with van der Waals surface area (Å²) >= 11 is 1.13. The lowest BCUT2D eigenvalue weighted by Gasteiger charge is -2.15.